The Morgan fingerprint density at radius 2 is 2.10 bits per heavy atom. The van der Waals surface area contributed by atoms with Gasteiger partial charge >= 0.3 is 0 Å². The molecule has 20 heavy (non-hydrogen) atoms. The quantitative estimate of drug-likeness (QED) is 0.677. The zero-order chi connectivity index (χ0) is 15.0. The molecular weight excluding hydrogens is 276 g/mol. The van der Waals surface area contributed by atoms with E-state index in [-0.39, 0.29) is 17.7 Å². The Hall–Kier alpha value is -0.170. The van der Waals surface area contributed by atoms with Crippen LogP contribution in [0.1, 0.15) is 46.5 Å². The summed E-state index contributed by atoms with van der Waals surface area (Å²) in [7, 11) is -3.23. The number of sulfonamides is 1. The smallest absolute Gasteiger partial charge is 0.211 e. The zero-order valence-corrected chi connectivity index (χ0v) is 13.8. The molecule has 0 aliphatic carbocycles. The van der Waals surface area contributed by atoms with Gasteiger partial charge in [-0.25, -0.2) is 13.1 Å². The van der Waals surface area contributed by atoms with E-state index in [1.807, 2.05) is 20.8 Å². The summed E-state index contributed by atoms with van der Waals surface area (Å²) in [5, 5.41) is 3.39. The summed E-state index contributed by atoms with van der Waals surface area (Å²) < 4.78 is 32.5. The summed E-state index contributed by atoms with van der Waals surface area (Å²) in [5.74, 6) is 0.421. The monoisotopic (exact) mass is 306 g/mol. The van der Waals surface area contributed by atoms with Gasteiger partial charge in [-0.2, -0.15) is 0 Å². The molecule has 0 radical (unpaired) electrons. The van der Waals surface area contributed by atoms with Crippen molar-refractivity contribution in [2.45, 2.75) is 58.5 Å². The molecule has 1 fully saturated rings. The predicted molar refractivity (Wildman–Crippen MR) is 82.3 cm³/mol. The minimum atomic E-state index is -3.23. The van der Waals surface area contributed by atoms with Gasteiger partial charge in [-0.15, -0.1) is 0 Å². The van der Waals surface area contributed by atoms with E-state index in [1.54, 1.807) is 0 Å². The number of hydrogen-bond acceptors (Lipinski definition) is 4. The number of rotatable bonds is 9. The van der Waals surface area contributed by atoms with Gasteiger partial charge in [-0.3, -0.25) is 0 Å². The van der Waals surface area contributed by atoms with E-state index in [0.29, 0.717) is 25.7 Å². The Morgan fingerprint density at radius 3 is 2.65 bits per heavy atom. The molecule has 0 amide bonds. The Bertz CT molecular complexity index is 351. The first kappa shape index (κ1) is 17.9. The van der Waals surface area contributed by atoms with Crippen molar-refractivity contribution in [3.63, 3.8) is 0 Å². The van der Waals surface area contributed by atoms with Crippen LogP contribution in [0.5, 0.6) is 0 Å². The van der Waals surface area contributed by atoms with E-state index in [9.17, 15) is 8.42 Å². The summed E-state index contributed by atoms with van der Waals surface area (Å²) in [4.78, 5) is 0. The second-order valence-corrected chi connectivity index (χ2v) is 7.76. The Morgan fingerprint density at radius 1 is 1.35 bits per heavy atom. The van der Waals surface area contributed by atoms with Crippen LogP contribution >= 0.6 is 0 Å². The predicted octanol–water partition coefficient (Wildman–Crippen LogP) is 1.50. The molecule has 5 nitrogen and oxygen atoms in total. The fourth-order valence-corrected chi connectivity index (χ4v) is 3.88. The molecule has 1 heterocycles. The van der Waals surface area contributed by atoms with Crippen LogP contribution in [0.25, 0.3) is 0 Å². The molecule has 2 atom stereocenters. The van der Waals surface area contributed by atoms with Crippen molar-refractivity contribution in [2.75, 3.05) is 25.5 Å². The van der Waals surface area contributed by atoms with E-state index in [2.05, 4.69) is 10.0 Å². The molecule has 6 heteroatoms. The van der Waals surface area contributed by atoms with E-state index in [4.69, 9.17) is 4.74 Å². The topological polar surface area (TPSA) is 67.4 Å². The van der Waals surface area contributed by atoms with Crippen LogP contribution in [0, 0.1) is 5.92 Å². The molecule has 0 spiro atoms. The maximum absolute atomic E-state index is 12.2. The highest BCUT2D eigenvalue weighted by Crippen LogP contribution is 2.11. The second kappa shape index (κ2) is 8.97. The van der Waals surface area contributed by atoms with Crippen LogP contribution in [0.2, 0.25) is 0 Å². The number of nitrogens with one attached hydrogen (secondary N) is 2. The van der Waals surface area contributed by atoms with Gasteiger partial charge in [0.15, 0.2) is 0 Å². The average Bonchev–Trinajstić information content (AvgIpc) is 2.42. The molecule has 0 aromatic carbocycles. The van der Waals surface area contributed by atoms with E-state index in [1.165, 1.54) is 12.8 Å². The van der Waals surface area contributed by atoms with Crippen molar-refractivity contribution in [3.8, 4) is 0 Å². The highest BCUT2D eigenvalue weighted by atomic mass is 32.2. The zero-order valence-electron chi connectivity index (χ0n) is 13.0. The van der Waals surface area contributed by atoms with Gasteiger partial charge in [0.1, 0.15) is 0 Å². The lowest BCUT2D eigenvalue weighted by Crippen LogP contribution is -2.44. The number of piperidine rings is 1. The van der Waals surface area contributed by atoms with Crippen LogP contribution in [0.4, 0.5) is 0 Å². The van der Waals surface area contributed by atoms with Crippen LogP contribution in [-0.4, -0.2) is 46.0 Å². The molecule has 0 aromatic heterocycles. The first-order valence-corrected chi connectivity index (χ1v) is 9.41. The first-order chi connectivity index (χ1) is 9.44. The minimum absolute atomic E-state index is 0.140. The van der Waals surface area contributed by atoms with E-state index < -0.39 is 10.0 Å². The highest BCUT2D eigenvalue weighted by molar-refractivity contribution is 7.89. The molecular formula is C14H30N2O3S. The number of ether oxygens (including phenoxy) is 1. The molecule has 0 bridgehead atoms. The van der Waals surface area contributed by atoms with Gasteiger partial charge in [-0.1, -0.05) is 20.3 Å². The summed E-state index contributed by atoms with van der Waals surface area (Å²) in [6, 6.07) is 0.212. The Labute approximate surface area is 123 Å². The van der Waals surface area contributed by atoms with Gasteiger partial charge in [0.05, 0.1) is 12.4 Å². The highest BCUT2D eigenvalue weighted by Gasteiger charge is 2.22. The van der Waals surface area contributed by atoms with Gasteiger partial charge in [0, 0.05) is 18.7 Å². The average molecular weight is 306 g/mol. The molecule has 1 rings (SSSR count). The molecule has 2 N–H and O–H groups in total. The summed E-state index contributed by atoms with van der Waals surface area (Å²) in [5.41, 5.74) is 0. The van der Waals surface area contributed by atoms with E-state index in [0.717, 1.165) is 13.0 Å². The summed E-state index contributed by atoms with van der Waals surface area (Å²) in [6.45, 7) is 7.99. The standard InChI is InChI=1S/C14H30N2O3S/c1-4-19-11-14(12(2)3)16-20(17,18)10-8-13-7-5-6-9-15-13/h12-16H,4-11H2,1-3H3. The second-order valence-electron chi connectivity index (χ2n) is 5.88. The minimum Gasteiger partial charge on any atom is -0.380 e. The normalized spacial score (nSPS) is 22.1. The van der Waals surface area contributed by atoms with Crippen LogP contribution in [0.3, 0.4) is 0 Å². The first-order valence-electron chi connectivity index (χ1n) is 7.75. The maximum atomic E-state index is 12.2. The van der Waals surface area contributed by atoms with Gasteiger partial charge in [0.25, 0.3) is 0 Å². The summed E-state index contributed by atoms with van der Waals surface area (Å²) in [6.07, 6.45) is 4.17. The number of hydrogen-bond donors (Lipinski definition) is 2. The molecule has 1 saturated heterocycles. The Kier molecular flexibility index (Phi) is 8.02. The third kappa shape index (κ3) is 7.02. The van der Waals surface area contributed by atoms with Crippen molar-refractivity contribution < 1.29 is 13.2 Å². The van der Waals surface area contributed by atoms with Crippen molar-refractivity contribution in [1.29, 1.82) is 0 Å². The lowest BCUT2D eigenvalue weighted by atomic mass is 10.0. The molecule has 0 aromatic rings. The Balaban J connectivity index is 2.41. The maximum Gasteiger partial charge on any atom is 0.211 e. The van der Waals surface area contributed by atoms with Crippen molar-refractivity contribution in [2.24, 2.45) is 5.92 Å². The third-order valence-corrected chi connectivity index (χ3v) is 5.22. The third-order valence-electron chi connectivity index (χ3n) is 3.78. The molecule has 1 aliphatic heterocycles. The van der Waals surface area contributed by atoms with Crippen molar-refractivity contribution in [3.05, 3.63) is 0 Å². The van der Waals surface area contributed by atoms with Crippen LogP contribution in [-0.2, 0) is 14.8 Å². The molecule has 0 saturated carbocycles. The van der Waals surface area contributed by atoms with Crippen LogP contribution in [0.15, 0.2) is 0 Å². The fourth-order valence-electron chi connectivity index (χ4n) is 2.36. The van der Waals surface area contributed by atoms with Crippen molar-refractivity contribution in [1.82, 2.24) is 10.0 Å². The van der Waals surface area contributed by atoms with Crippen molar-refractivity contribution >= 4 is 10.0 Å². The SMILES string of the molecule is CCOCC(NS(=O)(=O)CCC1CCCCN1)C(C)C. The van der Waals surface area contributed by atoms with Gasteiger partial charge in [0.2, 0.25) is 10.0 Å². The van der Waals surface area contributed by atoms with Crippen LogP contribution < -0.4 is 10.0 Å². The fraction of sp³-hybridized carbons (Fsp3) is 1.00. The molecule has 1 aliphatic rings. The summed E-state index contributed by atoms with van der Waals surface area (Å²) >= 11 is 0. The largest absolute Gasteiger partial charge is 0.380 e. The lowest BCUT2D eigenvalue weighted by molar-refractivity contribution is 0.116. The van der Waals surface area contributed by atoms with Gasteiger partial charge in [-0.05, 0) is 38.6 Å². The molecule has 2 unspecified atom stereocenters. The molecule has 120 valence electrons. The van der Waals surface area contributed by atoms with E-state index >= 15 is 0 Å². The van der Waals surface area contributed by atoms with Gasteiger partial charge < -0.3 is 10.1 Å². The lowest BCUT2D eigenvalue weighted by Gasteiger charge is -2.25.